The van der Waals surface area contributed by atoms with Crippen LogP contribution in [-0.4, -0.2) is 40.4 Å². The van der Waals surface area contributed by atoms with Gasteiger partial charge < -0.3 is 14.4 Å². The lowest BCUT2D eigenvalue weighted by molar-refractivity contribution is -0.130. The monoisotopic (exact) mass is 439 g/mol. The number of carbonyl (C=O) groups is 1. The van der Waals surface area contributed by atoms with Crippen LogP contribution in [0.2, 0.25) is 0 Å². The maximum absolute atomic E-state index is 12.5. The number of amides is 1. The lowest BCUT2D eigenvalue weighted by Gasteiger charge is -2.21. The standard InChI is InChI=1S/C24H29N3O3S/c1-4-13-27(14-5-2)23(28)17-18-9-11-20(12-10-18)30-24-25-22(26-31-24)16-19-7-6-8-21(15-19)29-3/h6-12,15H,4-5,13-14,16-17H2,1-3H3. The van der Waals surface area contributed by atoms with Crippen molar-refractivity contribution in [3.63, 3.8) is 0 Å². The summed E-state index contributed by atoms with van der Waals surface area (Å²) in [5.74, 6) is 2.38. The van der Waals surface area contributed by atoms with Crippen LogP contribution in [0.5, 0.6) is 16.7 Å². The Labute approximate surface area is 188 Å². The molecule has 0 aliphatic carbocycles. The van der Waals surface area contributed by atoms with Crippen molar-refractivity contribution in [1.29, 1.82) is 0 Å². The molecule has 6 nitrogen and oxygen atoms in total. The first-order valence-electron chi connectivity index (χ1n) is 10.6. The second-order valence-corrected chi connectivity index (χ2v) is 8.02. The average molecular weight is 440 g/mol. The van der Waals surface area contributed by atoms with Gasteiger partial charge in [0, 0.05) is 31.0 Å². The summed E-state index contributed by atoms with van der Waals surface area (Å²) in [6.45, 7) is 5.81. The van der Waals surface area contributed by atoms with Gasteiger partial charge >= 0.3 is 0 Å². The van der Waals surface area contributed by atoms with Gasteiger partial charge in [-0.25, -0.2) is 0 Å². The Kier molecular flexibility index (Phi) is 8.41. The van der Waals surface area contributed by atoms with Gasteiger partial charge in [0.15, 0.2) is 5.82 Å². The summed E-state index contributed by atoms with van der Waals surface area (Å²) in [6.07, 6.45) is 2.97. The first kappa shape index (κ1) is 22.7. The Morgan fingerprint density at radius 1 is 1.00 bits per heavy atom. The number of carbonyl (C=O) groups excluding carboxylic acids is 1. The second kappa shape index (κ2) is 11.5. The topological polar surface area (TPSA) is 64.6 Å². The van der Waals surface area contributed by atoms with Crippen molar-refractivity contribution in [2.45, 2.75) is 39.5 Å². The molecule has 2 aromatic carbocycles. The van der Waals surface area contributed by atoms with E-state index in [4.69, 9.17) is 9.47 Å². The van der Waals surface area contributed by atoms with Crippen LogP contribution in [0.25, 0.3) is 0 Å². The molecule has 0 saturated carbocycles. The highest BCUT2D eigenvalue weighted by molar-refractivity contribution is 7.07. The summed E-state index contributed by atoms with van der Waals surface area (Å²) in [7, 11) is 1.65. The van der Waals surface area contributed by atoms with Gasteiger partial charge in [-0.1, -0.05) is 38.1 Å². The summed E-state index contributed by atoms with van der Waals surface area (Å²) >= 11 is 1.23. The maximum Gasteiger partial charge on any atom is 0.298 e. The molecule has 0 aliphatic rings. The zero-order valence-electron chi connectivity index (χ0n) is 18.3. The summed E-state index contributed by atoms with van der Waals surface area (Å²) < 4.78 is 15.5. The summed E-state index contributed by atoms with van der Waals surface area (Å²) in [6, 6.07) is 15.5. The number of aromatic nitrogens is 2. The van der Waals surface area contributed by atoms with E-state index in [2.05, 4.69) is 23.2 Å². The quantitative estimate of drug-likeness (QED) is 0.415. The third-order valence-electron chi connectivity index (χ3n) is 4.77. The smallest absolute Gasteiger partial charge is 0.298 e. The molecule has 0 atom stereocenters. The number of methoxy groups -OCH3 is 1. The predicted octanol–water partition coefficient (Wildman–Crippen LogP) is 5.12. The van der Waals surface area contributed by atoms with Crippen molar-refractivity contribution in [3.05, 3.63) is 65.5 Å². The molecule has 0 radical (unpaired) electrons. The molecule has 3 rings (SSSR count). The van der Waals surface area contributed by atoms with Gasteiger partial charge in [-0.3, -0.25) is 4.79 Å². The van der Waals surface area contributed by atoms with Gasteiger partial charge in [-0.05, 0) is 48.2 Å². The second-order valence-electron chi connectivity index (χ2n) is 7.31. The number of hydrogen-bond acceptors (Lipinski definition) is 6. The molecule has 0 spiro atoms. The number of ether oxygens (including phenoxy) is 2. The molecule has 1 amide bonds. The van der Waals surface area contributed by atoms with Crippen molar-refractivity contribution < 1.29 is 14.3 Å². The van der Waals surface area contributed by atoms with E-state index in [1.807, 2.05) is 53.4 Å². The number of benzene rings is 2. The van der Waals surface area contributed by atoms with Gasteiger partial charge in [0.05, 0.1) is 13.5 Å². The highest BCUT2D eigenvalue weighted by Gasteiger charge is 2.13. The molecule has 0 fully saturated rings. The zero-order valence-corrected chi connectivity index (χ0v) is 19.2. The Balaban J connectivity index is 1.57. The number of rotatable bonds is 11. The third kappa shape index (κ3) is 6.79. The van der Waals surface area contributed by atoms with Crippen LogP contribution >= 0.6 is 11.5 Å². The van der Waals surface area contributed by atoms with E-state index in [1.54, 1.807) is 7.11 Å². The molecule has 0 unspecified atom stereocenters. The van der Waals surface area contributed by atoms with E-state index in [0.29, 0.717) is 29.6 Å². The molecular formula is C24H29N3O3S. The first-order valence-corrected chi connectivity index (χ1v) is 11.4. The van der Waals surface area contributed by atoms with Gasteiger partial charge in [-0.2, -0.15) is 9.36 Å². The normalized spacial score (nSPS) is 10.7. The zero-order chi connectivity index (χ0) is 22.1. The van der Waals surface area contributed by atoms with Crippen LogP contribution in [-0.2, 0) is 17.6 Å². The van der Waals surface area contributed by atoms with Gasteiger partial charge in [0.2, 0.25) is 5.91 Å². The van der Waals surface area contributed by atoms with E-state index in [9.17, 15) is 4.79 Å². The minimum Gasteiger partial charge on any atom is -0.497 e. The third-order valence-corrected chi connectivity index (χ3v) is 5.40. The molecule has 0 bridgehead atoms. The van der Waals surface area contributed by atoms with E-state index < -0.39 is 0 Å². The predicted molar refractivity (Wildman–Crippen MR) is 123 cm³/mol. The summed E-state index contributed by atoms with van der Waals surface area (Å²) in [4.78, 5) is 18.9. The molecule has 3 aromatic rings. The van der Waals surface area contributed by atoms with Crippen LogP contribution < -0.4 is 9.47 Å². The lowest BCUT2D eigenvalue weighted by Crippen LogP contribution is -2.33. The van der Waals surface area contributed by atoms with Crippen molar-refractivity contribution in [3.8, 4) is 16.7 Å². The van der Waals surface area contributed by atoms with Gasteiger partial charge in [-0.15, -0.1) is 0 Å². The Bertz CT molecular complexity index is 966. The molecule has 0 saturated heterocycles. The van der Waals surface area contributed by atoms with Crippen LogP contribution in [0, 0.1) is 0 Å². The molecule has 0 aliphatic heterocycles. The molecule has 1 heterocycles. The van der Waals surface area contributed by atoms with Crippen molar-refractivity contribution in [1.82, 2.24) is 14.3 Å². The van der Waals surface area contributed by atoms with E-state index in [-0.39, 0.29) is 5.91 Å². The Morgan fingerprint density at radius 3 is 2.42 bits per heavy atom. The molecule has 0 N–H and O–H groups in total. The molecular weight excluding hydrogens is 410 g/mol. The van der Waals surface area contributed by atoms with Crippen molar-refractivity contribution in [2.24, 2.45) is 0 Å². The average Bonchev–Trinajstić information content (AvgIpc) is 3.21. The maximum atomic E-state index is 12.5. The highest BCUT2D eigenvalue weighted by Crippen LogP contribution is 2.25. The van der Waals surface area contributed by atoms with Crippen LogP contribution in [0.15, 0.2) is 48.5 Å². The van der Waals surface area contributed by atoms with Crippen LogP contribution in [0.4, 0.5) is 0 Å². The molecule has 7 heteroatoms. The fraction of sp³-hybridized carbons (Fsp3) is 0.375. The fourth-order valence-corrected chi connectivity index (χ4v) is 3.85. The van der Waals surface area contributed by atoms with Gasteiger partial charge in [0.1, 0.15) is 11.5 Å². The molecule has 164 valence electrons. The summed E-state index contributed by atoms with van der Waals surface area (Å²) in [5, 5.41) is 0.499. The number of hydrogen-bond donors (Lipinski definition) is 0. The Morgan fingerprint density at radius 2 is 1.74 bits per heavy atom. The molecule has 31 heavy (non-hydrogen) atoms. The highest BCUT2D eigenvalue weighted by atomic mass is 32.1. The summed E-state index contributed by atoms with van der Waals surface area (Å²) in [5.41, 5.74) is 2.06. The fourth-order valence-electron chi connectivity index (χ4n) is 3.28. The van der Waals surface area contributed by atoms with E-state index >= 15 is 0 Å². The van der Waals surface area contributed by atoms with Crippen LogP contribution in [0.3, 0.4) is 0 Å². The first-order chi connectivity index (χ1) is 15.1. The van der Waals surface area contributed by atoms with E-state index in [0.717, 1.165) is 42.8 Å². The number of nitrogens with zero attached hydrogens (tertiary/aromatic N) is 3. The van der Waals surface area contributed by atoms with Crippen molar-refractivity contribution >= 4 is 17.4 Å². The van der Waals surface area contributed by atoms with Gasteiger partial charge in [0.25, 0.3) is 5.19 Å². The van der Waals surface area contributed by atoms with E-state index in [1.165, 1.54) is 11.5 Å². The lowest BCUT2D eigenvalue weighted by atomic mass is 10.1. The van der Waals surface area contributed by atoms with Crippen LogP contribution in [0.1, 0.15) is 43.6 Å². The van der Waals surface area contributed by atoms with Crippen molar-refractivity contribution in [2.75, 3.05) is 20.2 Å². The molecule has 1 aromatic heterocycles. The Hall–Kier alpha value is -2.93. The largest absolute Gasteiger partial charge is 0.497 e. The minimum absolute atomic E-state index is 0.170. The minimum atomic E-state index is 0.170. The SMILES string of the molecule is CCCN(CCC)C(=O)Cc1ccc(Oc2nc(Cc3cccc(OC)c3)ns2)cc1.